The summed E-state index contributed by atoms with van der Waals surface area (Å²) in [6.45, 7) is -0.184. The maximum Gasteiger partial charge on any atom is 0.277 e. The summed E-state index contributed by atoms with van der Waals surface area (Å²) in [6, 6.07) is 22.6. The molecule has 0 aromatic heterocycles. The molecule has 0 aliphatic carbocycles. The zero-order valence-electron chi connectivity index (χ0n) is 18.1. The highest BCUT2D eigenvalue weighted by molar-refractivity contribution is 6.25. The lowest BCUT2D eigenvalue weighted by molar-refractivity contribution is -0.140. The van der Waals surface area contributed by atoms with Crippen LogP contribution in [0.1, 0.15) is 21.5 Å². The van der Waals surface area contributed by atoms with Crippen LogP contribution in [0, 0.1) is 17.2 Å². The number of ketones is 1. The van der Waals surface area contributed by atoms with Gasteiger partial charge in [-0.05, 0) is 42.5 Å². The number of anilines is 1. The number of Topliss-reactive ketones (excluding diaryl/α,β-unsaturated/α-hetero) is 1. The number of rotatable bonds is 6. The molecular formula is C26H19N3O5. The van der Waals surface area contributed by atoms with Gasteiger partial charge in [0, 0.05) is 22.4 Å². The fraction of sp³-hybridized carbons (Fsp3) is 0.154. The van der Waals surface area contributed by atoms with Gasteiger partial charge < -0.3 is 19.6 Å². The Morgan fingerprint density at radius 3 is 2.62 bits per heavy atom. The largest absolute Gasteiger partial charge is 0.497 e. The highest BCUT2D eigenvalue weighted by Crippen LogP contribution is 2.50. The lowest BCUT2D eigenvalue weighted by Gasteiger charge is -2.27. The van der Waals surface area contributed by atoms with E-state index < -0.39 is 17.4 Å². The van der Waals surface area contributed by atoms with E-state index in [2.05, 4.69) is 10.5 Å². The Hall–Kier alpha value is -4.64. The van der Waals surface area contributed by atoms with Crippen LogP contribution < -0.4 is 14.8 Å². The van der Waals surface area contributed by atoms with Crippen molar-refractivity contribution in [3.63, 3.8) is 0 Å². The molecule has 2 atom stereocenters. The predicted molar refractivity (Wildman–Crippen MR) is 123 cm³/mol. The van der Waals surface area contributed by atoms with E-state index in [4.69, 9.17) is 19.6 Å². The van der Waals surface area contributed by atoms with Crippen LogP contribution in [0.25, 0.3) is 0 Å². The van der Waals surface area contributed by atoms with Gasteiger partial charge in [-0.1, -0.05) is 35.5 Å². The fourth-order valence-corrected chi connectivity index (χ4v) is 4.40. The number of ether oxygens (including phenoxy) is 2. The molecular weight excluding hydrogens is 434 g/mol. The molecule has 1 amide bonds. The van der Waals surface area contributed by atoms with E-state index in [1.165, 1.54) is 0 Å². The van der Waals surface area contributed by atoms with Crippen LogP contribution in [0.15, 0.2) is 78.0 Å². The summed E-state index contributed by atoms with van der Waals surface area (Å²) >= 11 is 0. The lowest BCUT2D eigenvalue weighted by atomic mass is 9.74. The van der Waals surface area contributed by atoms with E-state index in [9.17, 15) is 9.59 Å². The summed E-state index contributed by atoms with van der Waals surface area (Å²) in [6.07, 6.45) is 0. The summed E-state index contributed by atoms with van der Waals surface area (Å²) in [5.74, 6) is -0.961. The first kappa shape index (κ1) is 21.2. The normalized spacial score (nSPS) is 20.1. The SMILES string of the molecule is COc1ccc(C(=O)[C@@H]2C(c3ccccc3OCC#N)=NO[C@@]23C(=O)Nc2ccccc23)cc1. The van der Waals surface area contributed by atoms with Crippen LogP contribution >= 0.6 is 0 Å². The van der Waals surface area contributed by atoms with Gasteiger partial charge in [0.2, 0.25) is 0 Å². The number of carbonyl (C=O) groups excluding carboxylic acids is 2. The van der Waals surface area contributed by atoms with Crippen LogP contribution in [0.2, 0.25) is 0 Å². The summed E-state index contributed by atoms with van der Waals surface area (Å²) in [5.41, 5.74) is 0.507. The van der Waals surface area contributed by atoms with Crippen LogP contribution in [0.3, 0.4) is 0 Å². The molecule has 5 rings (SSSR count). The third-order valence-electron chi connectivity index (χ3n) is 5.97. The average Bonchev–Trinajstić information content (AvgIpc) is 3.41. The molecule has 0 bridgehead atoms. The lowest BCUT2D eigenvalue weighted by Crippen LogP contribution is -2.46. The van der Waals surface area contributed by atoms with Gasteiger partial charge in [-0.15, -0.1) is 0 Å². The van der Waals surface area contributed by atoms with Crippen molar-refractivity contribution in [1.29, 1.82) is 5.26 Å². The molecule has 2 aliphatic rings. The number of nitrogens with one attached hydrogen (secondary N) is 1. The van der Waals surface area contributed by atoms with E-state index in [1.807, 2.05) is 6.07 Å². The predicted octanol–water partition coefficient (Wildman–Crippen LogP) is 3.68. The minimum Gasteiger partial charge on any atom is -0.497 e. The Balaban J connectivity index is 1.67. The monoisotopic (exact) mass is 453 g/mol. The van der Waals surface area contributed by atoms with Gasteiger partial charge in [-0.3, -0.25) is 9.59 Å². The summed E-state index contributed by atoms with van der Waals surface area (Å²) in [5, 5.41) is 16.1. The molecule has 1 N–H and O–H groups in total. The molecule has 1 spiro atoms. The molecule has 0 saturated carbocycles. The molecule has 2 heterocycles. The van der Waals surface area contributed by atoms with Crippen molar-refractivity contribution in [1.82, 2.24) is 0 Å². The molecule has 0 radical (unpaired) electrons. The first-order chi connectivity index (χ1) is 16.6. The molecule has 0 saturated heterocycles. The van der Waals surface area contributed by atoms with Crippen LogP contribution in [0.4, 0.5) is 5.69 Å². The van der Waals surface area contributed by atoms with Crippen molar-refractivity contribution in [2.24, 2.45) is 11.1 Å². The van der Waals surface area contributed by atoms with Crippen molar-refractivity contribution < 1.29 is 23.9 Å². The number of fused-ring (bicyclic) bond motifs is 2. The van der Waals surface area contributed by atoms with E-state index in [0.717, 1.165) is 0 Å². The van der Waals surface area contributed by atoms with E-state index >= 15 is 0 Å². The number of hydrogen-bond donors (Lipinski definition) is 1. The Bertz CT molecular complexity index is 1360. The number of benzene rings is 3. The molecule has 34 heavy (non-hydrogen) atoms. The van der Waals surface area contributed by atoms with Gasteiger partial charge in [0.15, 0.2) is 12.4 Å². The smallest absolute Gasteiger partial charge is 0.277 e. The van der Waals surface area contributed by atoms with Gasteiger partial charge in [0.1, 0.15) is 29.2 Å². The van der Waals surface area contributed by atoms with Crippen LogP contribution in [0.5, 0.6) is 11.5 Å². The molecule has 8 nitrogen and oxygen atoms in total. The highest BCUT2D eigenvalue weighted by atomic mass is 16.7. The van der Waals surface area contributed by atoms with Crippen molar-refractivity contribution in [2.75, 3.05) is 19.0 Å². The first-order valence-corrected chi connectivity index (χ1v) is 10.5. The number of para-hydroxylation sites is 2. The second-order valence-electron chi connectivity index (χ2n) is 7.77. The Morgan fingerprint density at radius 2 is 1.85 bits per heavy atom. The molecule has 2 aliphatic heterocycles. The summed E-state index contributed by atoms with van der Waals surface area (Å²) in [4.78, 5) is 33.3. The number of carbonyl (C=O) groups is 2. The summed E-state index contributed by atoms with van der Waals surface area (Å²) < 4.78 is 10.8. The van der Waals surface area contributed by atoms with Gasteiger partial charge in [0.05, 0.1) is 7.11 Å². The third-order valence-corrected chi connectivity index (χ3v) is 5.97. The molecule has 168 valence electrons. The molecule has 0 fully saturated rings. The highest BCUT2D eigenvalue weighted by Gasteiger charge is 2.63. The molecule has 3 aromatic carbocycles. The Labute approximate surface area is 195 Å². The number of nitrogens with zero attached hydrogens (tertiary/aromatic N) is 2. The molecule has 0 unspecified atom stereocenters. The number of hydrogen-bond acceptors (Lipinski definition) is 7. The van der Waals surface area contributed by atoms with Crippen molar-refractivity contribution >= 4 is 23.1 Å². The number of methoxy groups -OCH3 is 1. The van der Waals surface area contributed by atoms with Crippen molar-refractivity contribution in [3.8, 4) is 17.6 Å². The fourth-order valence-electron chi connectivity index (χ4n) is 4.40. The first-order valence-electron chi connectivity index (χ1n) is 10.5. The van der Waals surface area contributed by atoms with Crippen LogP contribution in [-0.4, -0.2) is 31.1 Å². The van der Waals surface area contributed by atoms with Gasteiger partial charge in [0.25, 0.3) is 11.5 Å². The van der Waals surface area contributed by atoms with Crippen molar-refractivity contribution in [2.45, 2.75) is 5.60 Å². The summed E-state index contributed by atoms with van der Waals surface area (Å²) in [7, 11) is 1.54. The standard InChI is InChI=1S/C26H19N3O5/c1-32-17-12-10-16(11-13-17)24(30)22-23(18-6-2-5-9-21(18)33-15-14-27)29-34-26(22)19-7-3-4-8-20(19)28-25(26)31/h2-13,22H,15H2,1H3,(H,28,31)/t22-,26+/m0/s1. The minimum atomic E-state index is -1.68. The number of nitriles is 1. The Morgan fingerprint density at radius 1 is 1.12 bits per heavy atom. The maximum atomic E-state index is 14.0. The van der Waals surface area contributed by atoms with Gasteiger partial charge in [-0.25, -0.2) is 0 Å². The topological polar surface area (TPSA) is 110 Å². The number of oxime groups is 1. The zero-order valence-corrected chi connectivity index (χ0v) is 18.1. The van der Waals surface area contributed by atoms with E-state index in [1.54, 1.807) is 79.9 Å². The quantitative estimate of drug-likeness (QED) is 0.570. The minimum absolute atomic E-state index is 0.184. The van der Waals surface area contributed by atoms with Gasteiger partial charge >= 0.3 is 0 Å². The van der Waals surface area contributed by atoms with E-state index in [-0.39, 0.29) is 18.1 Å². The second-order valence-corrected chi connectivity index (χ2v) is 7.77. The number of amides is 1. The third kappa shape index (κ3) is 3.18. The van der Waals surface area contributed by atoms with Crippen molar-refractivity contribution in [3.05, 3.63) is 89.5 Å². The van der Waals surface area contributed by atoms with Gasteiger partial charge in [-0.2, -0.15) is 5.26 Å². The Kier molecular flexibility index (Phi) is 5.22. The zero-order chi connectivity index (χ0) is 23.7. The van der Waals surface area contributed by atoms with E-state index in [0.29, 0.717) is 33.9 Å². The maximum absolute atomic E-state index is 14.0. The average molecular weight is 453 g/mol. The molecule has 3 aromatic rings. The second kappa shape index (κ2) is 8.37. The molecule has 8 heteroatoms. The van der Waals surface area contributed by atoms with Crippen LogP contribution in [-0.2, 0) is 15.2 Å².